The standard InChI is InChI=1S/C15H24N2/c1-12-13(16)6-4-7-14(12)17-10-5-8-15(2,3)9-11-17/h4,6-7H,5,8-11,16H2,1-3H3. The Bertz CT molecular complexity index is 396. The van der Waals surface area contributed by atoms with Gasteiger partial charge in [0, 0.05) is 24.5 Å². The Hall–Kier alpha value is -1.18. The highest BCUT2D eigenvalue weighted by Crippen LogP contribution is 2.33. The molecule has 0 bridgehead atoms. The van der Waals surface area contributed by atoms with Crippen molar-refractivity contribution in [2.24, 2.45) is 5.41 Å². The molecule has 17 heavy (non-hydrogen) atoms. The Kier molecular flexibility index (Phi) is 3.32. The van der Waals surface area contributed by atoms with E-state index in [0.717, 1.165) is 18.8 Å². The third-order valence-corrected chi connectivity index (χ3v) is 4.03. The fourth-order valence-corrected chi connectivity index (χ4v) is 2.65. The molecule has 1 saturated heterocycles. The number of nitrogens with zero attached hydrogens (tertiary/aromatic N) is 1. The molecule has 2 heteroatoms. The van der Waals surface area contributed by atoms with Gasteiger partial charge in [-0.15, -0.1) is 0 Å². The van der Waals surface area contributed by atoms with Crippen molar-refractivity contribution in [3.63, 3.8) is 0 Å². The van der Waals surface area contributed by atoms with E-state index in [1.807, 2.05) is 6.07 Å². The van der Waals surface area contributed by atoms with Gasteiger partial charge >= 0.3 is 0 Å². The lowest BCUT2D eigenvalue weighted by atomic mass is 9.85. The molecule has 0 saturated carbocycles. The minimum Gasteiger partial charge on any atom is -0.398 e. The second-order valence-electron chi connectivity index (χ2n) is 6.00. The Morgan fingerprint density at radius 3 is 2.71 bits per heavy atom. The molecule has 1 aromatic carbocycles. The summed E-state index contributed by atoms with van der Waals surface area (Å²) in [7, 11) is 0. The number of hydrogen-bond acceptors (Lipinski definition) is 2. The highest BCUT2D eigenvalue weighted by molar-refractivity contribution is 5.64. The summed E-state index contributed by atoms with van der Waals surface area (Å²) in [6, 6.07) is 6.25. The van der Waals surface area contributed by atoms with Crippen LogP contribution in [0.5, 0.6) is 0 Å². The summed E-state index contributed by atoms with van der Waals surface area (Å²) in [6.07, 6.45) is 3.87. The van der Waals surface area contributed by atoms with Gasteiger partial charge in [-0.1, -0.05) is 19.9 Å². The summed E-state index contributed by atoms with van der Waals surface area (Å²) in [5.41, 5.74) is 9.94. The number of anilines is 2. The summed E-state index contributed by atoms with van der Waals surface area (Å²) >= 11 is 0. The summed E-state index contributed by atoms with van der Waals surface area (Å²) < 4.78 is 0. The Morgan fingerprint density at radius 2 is 1.94 bits per heavy atom. The molecular weight excluding hydrogens is 208 g/mol. The maximum Gasteiger partial charge on any atom is 0.0416 e. The highest BCUT2D eigenvalue weighted by Gasteiger charge is 2.23. The van der Waals surface area contributed by atoms with E-state index in [1.165, 1.54) is 30.5 Å². The van der Waals surface area contributed by atoms with Gasteiger partial charge in [0.15, 0.2) is 0 Å². The van der Waals surface area contributed by atoms with E-state index >= 15 is 0 Å². The van der Waals surface area contributed by atoms with Crippen LogP contribution in [0.15, 0.2) is 18.2 Å². The van der Waals surface area contributed by atoms with Gasteiger partial charge in [-0.25, -0.2) is 0 Å². The summed E-state index contributed by atoms with van der Waals surface area (Å²) in [6.45, 7) is 9.19. The molecule has 0 aliphatic carbocycles. The van der Waals surface area contributed by atoms with Gasteiger partial charge < -0.3 is 10.6 Å². The van der Waals surface area contributed by atoms with E-state index in [2.05, 4.69) is 37.8 Å². The van der Waals surface area contributed by atoms with Crippen LogP contribution < -0.4 is 10.6 Å². The molecule has 0 radical (unpaired) electrons. The van der Waals surface area contributed by atoms with Gasteiger partial charge in [-0.3, -0.25) is 0 Å². The second kappa shape index (κ2) is 4.59. The normalized spacial score (nSPS) is 20.1. The van der Waals surface area contributed by atoms with Crippen molar-refractivity contribution in [1.29, 1.82) is 0 Å². The maximum atomic E-state index is 5.99. The molecule has 0 atom stereocenters. The molecule has 0 amide bonds. The highest BCUT2D eigenvalue weighted by atomic mass is 15.1. The smallest absolute Gasteiger partial charge is 0.0416 e. The molecule has 2 N–H and O–H groups in total. The minimum atomic E-state index is 0.489. The third-order valence-electron chi connectivity index (χ3n) is 4.03. The summed E-state index contributed by atoms with van der Waals surface area (Å²) in [5, 5.41) is 0. The Balaban J connectivity index is 2.20. The molecule has 2 nitrogen and oxygen atoms in total. The Morgan fingerprint density at radius 1 is 1.18 bits per heavy atom. The molecule has 1 aliphatic heterocycles. The molecule has 2 rings (SSSR count). The van der Waals surface area contributed by atoms with E-state index in [0.29, 0.717) is 5.41 Å². The molecule has 94 valence electrons. The maximum absolute atomic E-state index is 5.99. The van der Waals surface area contributed by atoms with Crippen LogP contribution in [0.25, 0.3) is 0 Å². The quantitative estimate of drug-likeness (QED) is 0.750. The lowest BCUT2D eigenvalue weighted by molar-refractivity contribution is 0.325. The molecule has 1 aliphatic rings. The molecular formula is C15H24N2. The topological polar surface area (TPSA) is 29.3 Å². The summed E-state index contributed by atoms with van der Waals surface area (Å²) in [4.78, 5) is 2.50. The number of rotatable bonds is 1. The van der Waals surface area contributed by atoms with Crippen LogP contribution in [0.3, 0.4) is 0 Å². The van der Waals surface area contributed by atoms with Gasteiger partial charge in [-0.2, -0.15) is 0 Å². The molecule has 1 aromatic rings. The first-order valence-corrected chi connectivity index (χ1v) is 6.60. The average molecular weight is 232 g/mol. The third kappa shape index (κ3) is 2.74. The first-order valence-electron chi connectivity index (χ1n) is 6.60. The van der Waals surface area contributed by atoms with Crippen LogP contribution in [0.1, 0.15) is 38.7 Å². The van der Waals surface area contributed by atoms with Crippen molar-refractivity contribution in [2.45, 2.75) is 40.0 Å². The van der Waals surface area contributed by atoms with Crippen LogP contribution >= 0.6 is 0 Å². The SMILES string of the molecule is Cc1c(N)cccc1N1CCCC(C)(C)CC1. The molecule has 1 heterocycles. The van der Waals surface area contributed by atoms with Crippen molar-refractivity contribution in [3.8, 4) is 0 Å². The van der Waals surface area contributed by atoms with Gasteiger partial charge in [-0.05, 0) is 49.3 Å². The van der Waals surface area contributed by atoms with Crippen molar-refractivity contribution in [2.75, 3.05) is 23.7 Å². The Labute approximate surface area is 105 Å². The largest absolute Gasteiger partial charge is 0.398 e. The van der Waals surface area contributed by atoms with Crippen LogP contribution in [0, 0.1) is 12.3 Å². The number of nitrogen functional groups attached to an aromatic ring is 1. The zero-order valence-corrected chi connectivity index (χ0v) is 11.3. The van der Waals surface area contributed by atoms with E-state index < -0.39 is 0 Å². The lowest BCUT2D eigenvalue weighted by Crippen LogP contribution is -2.25. The fraction of sp³-hybridized carbons (Fsp3) is 0.600. The van der Waals surface area contributed by atoms with Crippen LogP contribution in [-0.2, 0) is 0 Å². The summed E-state index contributed by atoms with van der Waals surface area (Å²) in [5.74, 6) is 0. The van der Waals surface area contributed by atoms with E-state index in [9.17, 15) is 0 Å². The molecule has 0 unspecified atom stereocenters. The van der Waals surface area contributed by atoms with Crippen LogP contribution in [0.4, 0.5) is 11.4 Å². The number of nitrogens with two attached hydrogens (primary N) is 1. The second-order valence-corrected chi connectivity index (χ2v) is 6.00. The van der Waals surface area contributed by atoms with Gasteiger partial charge in [0.1, 0.15) is 0 Å². The predicted molar refractivity (Wildman–Crippen MR) is 75.4 cm³/mol. The molecule has 0 spiro atoms. The zero-order valence-electron chi connectivity index (χ0n) is 11.3. The van der Waals surface area contributed by atoms with Crippen LogP contribution in [-0.4, -0.2) is 13.1 Å². The van der Waals surface area contributed by atoms with Gasteiger partial charge in [0.25, 0.3) is 0 Å². The lowest BCUT2D eigenvalue weighted by Gasteiger charge is -2.26. The first kappa shape index (κ1) is 12.3. The van der Waals surface area contributed by atoms with Gasteiger partial charge in [0.05, 0.1) is 0 Å². The zero-order chi connectivity index (χ0) is 12.5. The fourth-order valence-electron chi connectivity index (χ4n) is 2.65. The van der Waals surface area contributed by atoms with E-state index in [4.69, 9.17) is 5.73 Å². The first-order chi connectivity index (χ1) is 7.99. The van der Waals surface area contributed by atoms with Crippen molar-refractivity contribution >= 4 is 11.4 Å². The number of hydrogen-bond donors (Lipinski definition) is 1. The number of benzene rings is 1. The van der Waals surface area contributed by atoms with Crippen molar-refractivity contribution < 1.29 is 0 Å². The van der Waals surface area contributed by atoms with E-state index in [1.54, 1.807) is 0 Å². The van der Waals surface area contributed by atoms with Crippen molar-refractivity contribution in [3.05, 3.63) is 23.8 Å². The molecule has 1 fully saturated rings. The average Bonchev–Trinajstić information content (AvgIpc) is 2.44. The monoisotopic (exact) mass is 232 g/mol. The minimum absolute atomic E-state index is 0.489. The molecule has 0 aromatic heterocycles. The van der Waals surface area contributed by atoms with Crippen molar-refractivity contribution in [1.82, 2.24) is 0 Å². The van der Waals surface area contributed by atoms with Crippen LogP contribution in [0.2, 0.25) is 0 Å². The predicted octanol–water partition coefficient (Wildman–Crippen LogP) is 3.59. The van der Waals surface area contributed by atoms with E-state index in [-0.39, 0.29) is 0 Å². The van der Waals surface area contributed by atoms with Gasteiger partial charge in [0.2, 0.25) is 0 Å².